The summed E-state index contributed by atoms with van der Waals surface area (Å²) in [5.41, 5.74) is 2.03. The van der Waals surface area contributed by atoms with Gasteiger partial charge in [-0.25, -0.2) is 13.6 Å². The highest BCUT2D eigenvalue weighted by molar-refractivity contribution is 5.99. The molecule has 0 bridgehead atoms. The van der Waals surface area contributed by atoms with Gasteiger partial charge in [-0.1, -0.05) is 25.0 Å². The number of hydrogen-bond donors (Lipinski definition) is 2. The maximum absolute atomic E-state index is 13.7. The first kappa shape index (κ1) is 20.7. The minimum Gasteiger partial charge on any atom is -0.355 e. The number of benzene rings is 2. The van der Waals surface area contributed by atoms with Crippen LogP contribution in [0.4, 0.5) is 30.8 Å². The minimum absolute atomic E-state index is 0.102. The second-order valence-electron chi connectivity index (χ2n) is 7.46. The molecule has 1 aliphatic heterocycles. The van der Waals surface area contributed by atoms with Crippen molar-refractivity contribution in [3.8, 4) is 11.3 Å². The molecule has 3 aromatic rings. The first-order valence-electron chi connectivity index (χ1n) is 10.3. The summed E-state index contributed by atoms with van der Waals surface area (Å²) >= 11 is 0. The molecule has 2 heterocycles. The van der Waals surface area contributed by atoms with Crippen molar-refractivity contribution >= 4 is 23.2 Å². The number of nitrogens with zero attached hydrogens (tertiary/aromatic N) is 3. The highest BCUT2D eigenvalue weighted by Gasteiger charge is 2.12. The molecule has 8 heteroatoms. The molecule has 1 aliphatic rings. The maximum atomic E-state index is 13.7. The number of urea groups is 1. The lowest BCUT2D eigenvalue weighted by molar-refractivity contribution is 0.262. The SMILES string of the molecule is O=C(Nc1ccc(-c2ccc(N3CCCCCC3)nn2)cc1)Nc1ccc(F)cc1F. The quantitative estimate of drug-likeness (QED) is 0.586. The summed E-state index contributed by atoms with van der Waals surface area (Å²) in [6.45, 7) is 2.02. The molecule has 2 N–H and O–H groups in total. The molecular weight excluding hydrogens is 400 g/mol. The van der Waals surface area contributed by atoms with Crippen molar-refractivity contribution in [1.82, 2.24) is 10.2 Å². The van der Waals surface area contributed by atoms with Crippen LogP contribution < -0.4 is 15.5 Å². The second kappa shape index (κ2) is 9.51. The van der Waals surface area contributed by atoms with Crippen molar-refractivity contribution in [1.29, 1.82) is 0 Å². The van der Waals surface area contributed by atoms with E-state index in [1.54, 1.807) is 12.1 Å². The molecule has 1 saturated heterocycles. The molecule has 0 unspecified atom stereocenters. The van der Waals surface area contributed by atoms with Crippen LogP contribution in [0.1, 0.15) is 25.7 Å². The van der Waals surface area contributed by atoms with Gasteiger partial charge in [-0.05, 0) is 49.2 Å². The van der Waals surface area contributed by atoms with Crippen LogP contribution in [0.15, 0.2) is 54.6 Å². The van der Waals surface area contributed by atoms with Crippen molar-refractivity contribution in [3.05, 3.63) is 66.2 Å². The Kier molecular flexibility index (Phi) is 6.35. The number of anilines is 3. The Labute approximate surface area is 179 Å². The topological polar surface area (TPSA) is 70.2 Å². The molecule has 0 spiro atoms. The highest BCUT2D eigenvalue weighted by Crippen LogP contribution is 2.22. The number of halogens is 2. The van der Waals surface area contributed by atoms with E-state index in [4.69, 9.17) is 0 Å². The van der Waals surface area contributed by atoms with Gasteiger partial charge >= 0.3 is 6.03 Å². The zero-order chi connectivity index (χ0) is 21.6. The Morgan fingerprint density at radius 3 is 2.23 bits per heavy atom. The number of rotatable bonds is 4. The van der Waals surface area contributed by atoms with Crippen LogP contribution in [0.5, 0.6) is 0 Å². The Morgan fingerprint density at radius 1 is 0.839 bits per heavy atom. The average molecular weight is 423 g/mol. The summed E-state index contributed by atoms with van der Waals surface area (Å²) in [6.07, 6.45) is 4.89. The van der Waals surface area contributed by atoms with Gasteiger partial charge in [-0.2, -0.15) is 0 Å². The molecular formula is C23H23F2N5O. The third-order valence-electron chi connectivity index (χ3n) is 5.20. The predicted molar refractivity (Wildman–Crippen MR) is 117 cm³/mol. The van der Waals surface area contributed by atoms with Crippen molar-refractivity contribution in [2.45, 2.75) is 25.7 Å². The van der Waals surface area contributed by atoms with Crippen LogP contribution in [0.2, 0.25) is 0 Å². The number of carbonyl (C=O) groups is 1. The van der Waals surface area contributed by atoms with Crippen LogP contribution in [0.3, 0.4) is 0 Å². The van der Waals surface area contributed by atoms with E-state index < -0.39 is 17.7 Å². The van der Waals surface area contributed by atoms with Crippen molar-refractivity contribution in [2.24, 2.45) is 0 Å². The summed E-state index contributed by atoms with van der Waals surface area (Å²) in [7, 11) is 0. The Hall–Kier alpha value is -3.55. The molecule has 1 fully saturated rings. The Morgan fingerprint density at radius 2 is 1.58 bits per heavy atom. The summed E-state index contributed by atoms with van der Waals surface area (Å²) in [6, 6.07) is 13.4. The van der Waals surface area contributed by atoms with Crippen LogP contribution in [0.25, 0.3) is 11.3 Å². The lowest BCUT2D eigenvalue weighted by atomic mass is 10.1. The molecule has 6 nitrogen and oxygen atoms in total. The standard InChI is InChI=1S/C23H23F2N5O/c24-17-7-10-21(19(25)15-17)27-23(31)26-18-8-5-16(6-9-18)20-11-12-22(29-28-20)30-13-3-1-2-4-14-30/h5-12,15H,1-4,13-14H2,(H2,26,27,31). The third-order valence-corrected chi connectivity index (χ3v) is 5.20. The molecule has 0 saturated carbocycles. The van der Waals surface area contributed by atoms with Crippen LogP contribution in [-0.4, -0.2) is 29.3 Å². The first-order valence-corrected chi connectivity index (χ1v) is 10.3. The smallest absolute Gasteiger partial charge is 0.323 e. The first-order chi connectivity index (χ1) is 15.1. The van der Waals surface area contributed by atoms with Gasteiger partial charge in [0.15, 0.2) is 5.82 Å². The van der Waals surface area contributed by atoms with E-state index in [9.17, 15) is 13.6 Å². The summed E-state index contributed by atoms with van der Waals surface area (Å²) in [5.74, 6) is -0.650. The average Bonchev–Trinajstić information content (AvgIpc) is 3.06. The Bertz CT molecular complexity index is 1030. The number of nitrogens with one attached hydrogen (secondary N) is 2. The molecule has 0 aliphatic carbocycles. The van der Waals surface area contributed by atoms with Gasteiger partial charge in [0.05, 0.1) is 11.4 Å². The zero-order valence-corrected chi connectivity index (χ0v) is 16.9. The van der Waals surface area contributed by atoms with Gasteiger partial charge in [-0.3, -0.25) is 0 Å². The van der Waals surface area contributed by atoms with Gasteiger partial charge < -0.3 is 15.5 Å². The van der Waals surface area contributed by atoms with Gasteiger partial charge in [0.2, 0.25) is 0 Å². The van der Waals surface area contributed by atoms with Gasteiger partial charge in [0.1, 0.15) is 11.6 Å². The molecule has 4 rings (SSSR count). The number of amides is 2. The molecule has 2 amide bonds. The Balaban J connectivity index is 1.38. The maximum Gasteiger partial charge on any atom is 0.323 e. The van der Waals surface area contributed by atoms with E-state index in [0.717, 1.165) is 36.2 Å². The van der Waals surface area contributed by atoms with E-state index in [2.05, 4.69) is 25.7 Å². The normalized spacial score (nSPS) is 14.1. The highest BCUT2D eigenvalue weighted by atomic mass is 19.1. The molecule has 0 atom stereocenters. The fraction of sp³-hybridized carbons (Fsp3) is 0.261. The predicted octanol–water partition coefficient (Wildman–Crippen LogP) is 5.45. The van der Waals surface area contributed by atoms with Crippen molar-refractivity contribution in [3.63, 3.8) is 0 Å². The van der Waals surface area contributed by atoms with Gasteiger partial charge in [0, 0.05) is 30.4 Å². The molecule has 1 aromatic heterocycles. The minimum atomic E-state index is -0.840. The number of carbonyl (C=O) groups excluding carboxylic acids is 1. The fourth-order valence-corrected chi connectivity index (χ4v) is 3.55. The van der Waals surface area contributed by atoms with E-state index >= 15 is 0 Å². The lowest BCUT2D eigenvalue weighted by Crippen LogP contribution is -2.25. The largest absolute Gasteiger partial charge is 0.355 e. The fourth-order valence-electron chi connectivity index (χ4n) is 3.55. The van der Waals surface area contributed by atoms with E-state index in [1.165, 1.54) is 31.7 Å². The van der Waals surface area contributed by atoms with Crippen molar-refractivity contribution < 1.29 is 13.6 Å². The summed E-state index contributed by atoms with van der Waals surface area (Å²) in [4.78, 5) is 14.4. The third kappa shape index (κ3) is 5.33. The second-order valence-corrected chi connectivity index (χ2v) is 7.46. The summed E-state index contributed by atoms with van der Waals surface area (Å²) < 4.78 is 26.6. The lowest BCUT2D eigenvalue weighted by Gasteiger charge is -2.20. The zero-order valence-electron chi connectivity index (χ0n) is 16.9. The number of aromatic nitrogens is 2. The molecule has 2 aromatic carbocycles. The van der Waals surface area contributed by atoms with Crippen molar-refractivity contribution in [2.75, 3.05) is 28.6 Å². The van der Waals surface area contributed by atoms with E-state index in [-0.39, 0.29) is 5.69 Å². The van der Waals surface area contributed by atoms with Crippen LogP contribution in [0, 0.1) is 11.6 Å². The molecule has 160 valence electrons. The van der Waals surface area contributed by atoms with Crippen LogP contribution in [-0.2, 0) is 0 Å². The number of hydrogen-bond acceptors (Lipinski definition) is 4. The molecule has 31 heavy (non-hydrogen) atoms. The molecule has 0 radical (unpaired) electrons. The van der Waals surface area contributed by atoms with E-state index in [0.29, 0.717) is 11.8 Å². The monoisotopic (exact) mass is 423 g/mol. The summed E-state index contributed by atoms with van der Waals surface area (Å²) in [5, 5.41) is 13.7. The van der Waals surface area contributed by atoms with E-state index in [1.807, 2.05) is 24.3 Å². The van der Waals surface area contributed by atoms with Gasteiger partial charge in [0.25, 0.3) is 0 Å². The van der Waals surface area contributed by atoms with Gasteiger partial charge in [-0.15, -0.1) is 10.2 Å². The van der Waals surface area contributed by atoms with Crippen LogP contribution >= 0.6 is 0 Å².